The Kier molecular flexibility index (Phi) is 4.81. The number of aliphatic hydroxyl groups is 1. The molecule has 1 saturated carbocycles. The molecule has 0 spiro atoms. The predicted octanol–water partition coefficient (Wildman–Crippen LogP) is 3.99. The molecule has 0 bridgehead atoms. The summed E-state index contributed by atoms with van der Waals surface area (Å²) in [7, 11) is 0. The summed E-state index contributed by atoms with van der Waals surface area (Å²) >= 11 is 5.46. The van der Waals surface area contributed by atoms with E-state index in [1.165, 1.54) is 0 Å². The summed E-state index contributed by atoms with van der Waals surface area (Å²) in [6.45, 7) is 1.69. The smallest absolute Gasteiger partial charge is 0.341 e. The van der Waals surface area contributed by atoms with Crippen LogP contribution < -0.4 is 0 Å². The average molecular weight is 330 g/mol. The van der Waals surface area contributed by atoms with Gasteiger partial charge in [0.2, 0.25) is 0 Å². The van der Waals surface area contributed by atoms with Gasteiger partial charge in [-0.1, -0.05) is 18.5 Å². The summed E-state index contributed by atoms with van der Waals surface area (Å²) in [4.78, 5) is 15.7. The Labute approximate surface area is 130 Å². The first-order valence-electron chi connectivity index (χ1n) is 6.74. The highest BCUT2D eigenvalue weighted by Gasteiger charge is 2.27. The maximum atomic E-state index is 14.0. The lowest BCUT2D eigenvalue weighted by Crippen LogP contribution is -2.15. The SMILES string of the molecule is CCC(=NC1CC1)C(C(=O)O)=C(O)c1ccc(F)c(Cl)c1F. The Morgan fingerprint density at radius 3 is 2.50 bits per heavy atom. The highest BCUT2D eigenvalue weighted by Crippen LogP contribution is 2.30. The number of nitrogens with zero attached hydrogens (tertiary/aromatic N) is 1. The second-order valence-corrected chi connectivity index (χ2v) is 5.29. The van der Waals surface area contributed by atoms with E-state index in [-0.39, 0.29) is 18.2 Å². The molecule has 0 radical (unpaired) electrons. The van der Waals surface area contributed by atoms with E-state index >= 15 is 0 Å². The number of aliphatic hydroxyl groups excluding tert-OH is 1. The van der Waals surface area contributed by atoms with Crippen LogP contribution >= 0.6 is 11.6 Å². The van der Waals surface area contributed by atoms with Crippen molar-refractivity contribution >= 4 is 29.0 Å². The summed E-state index contributed by atoms with van der Waals surface area (Å²) in [6.07, 6.45) is 1.97. The Hall–Kier alpha value is -1.95. The molecule has 2 rings (SSSR count). The van der Waals surface area contributed by atoms with Crippen molar-refractivity contribution in [3.05, 3.63) is 39.9 Å². The van der Waals surface area contributed by atoms with Gasteiger partial charge in [-0.15, -0.1) is 0 Å². The first-order valence-corrected chi connectivity index (χ1v) is 7.12. The van der Waals surface area contributed by atoms with Gasteiger partial charge >= 0.3 is 5.97 Å². The van der Waals surface area contributed by atoms with Crippen LogP contribution in [0.15, 0.2) is 22.7 Å². The molecule has 0 heterocycles. The highest BCUT2D eigenvalue weighted by atomic mass is 35.5. The number of hydrogen-bond donors (Lipinski definition) is 2. The number of benzene rings is 1. The molecule has 1 aliphatic rings. The molecule has 1 aromatic carbocycles. The lowest BCUT2D eigenvalue weighted by atomic mass is 10.0. The van der Waals surface area contributed by atoms with Gasteiger partial charge in [-0.2, -0.15) is 0 Å². The third-order valence-electron chi connectivity index (χ3n) is 3.25. The molecule has 0 amide bonds. The first-order chi connectivity index (χ1) is 10.4. The molecule has 22 heavy (non-hydrogen) atoms. The van der Waals surface area contributed by atoms with Crippen LogP contribution in [-0.4, -0.2) is 27.9 Å². The van der Waals surface area contributed by atoms with Crippen molar-refractivity contribution in [1.29, 1.82) is 0 Å². The molecular formula is C15H14ClF2NO3. The molecule has 0 unspecified atom stereocenters. The van der Waals surface area contributed by atoms with Crippen LogP contribution in [0.2, 0.25) is 5.02 Å². The number of halogens is 3. The zero-order valence-electron chi connectivity index (χ0n) is 11.7. The van der Waals surface area contributed by atoms with Crippen LogP contribution in [0.1, 0.15) is 31.7 Å². The Morgan fingerprint density at radius 1 is 1.36 bits per heavy atom. The molecule has 0 saturated heterocycles. The quantitative estimate of drug-likeness (QED) is 0.371. The van der Waals surface area contributed by atoms with Crippen molar-refractivity contribution in [3.8, 4) is 0 Å². The van der Waals surface area contributed by atoms with Crippen LogP contribution in [0.25, 0.3) is 5.76 Å². The molecule has 0 atom stereocenters. The fourth-order valence-electron chi connectivity index (χ4n) is 1.96. The summed E-state index contributed by atoms with van der Waals surface area (Å²) in [5.74, 6) is -4.44. The van der Waals surface area contributed by atoms with E-state index < -0.39 is 39.5 Å². The van der Waals surface area contributed by atoms with Crippen LogP contribution in [0, 0.1) is 11.6 Å². The number of carboxylic acid groups (broad SMARTS) is 1. The number of carbonyl (C=O) groups is 1. The minimum Gasteiger partial charge on any atom is -0.506 e. The monoisotopic (exact) mass is 329 g/mol. The van der Waals surface area contributed by atoms with Crippen LogP contribution in [-0.2, 0) is 4.79 Å². The molecule has 7 heteroatoms. The van der Waals surface area contributed by atoms with Crippen molar-refractivity contribution in [2.75, 3.05) is 0 Å². The molecule has 0 aliphatic heterocycles. The second kappa shape index (κ2) is 6.44. The summed E-state index contributed by atoms with van der Waals surface area (Å²) in [5, 5.41) is 18.7. The summed E-state index contributed by atoms with van der Waals surface area (Å²) < 4.78 is 27.2. The van der Waals surface area contributed by atoms with Crippen LogP contribution in [0.3, 0.4) is 0 Å². The molecule has 0 aromatic heterocycles. The fourth-order valence-corrected chi connectivity index (χ4v) is 2.13. The van der Waals surface area contributed by atoms with Gasteiger partial charge in [0.25, 0.3) is 0 Å². The number of rotatable bonds is 5. The molecule has 1 fully saturated rings. The molecule has 4 nitrogen and oxygen atoms in total. The minimum atomic E-state index is -1.43. The molecule has 118 valence electrons. The fraction of sp³-hybridized carbons (Fsp3) is 0.333. The van der Waals surface area contributed by atoms with E-state index in [4.69, 9.17) is 11.6 Å². The van der Waals surface area contributed by atoms with Gasteiger partial charge in [-0.05, 0) is 31.4 Å². The highest BCUT2D eigenvalue weighted by molar-refractivity contribution is 6.31. The number of aliphatic imine (C=N–C) groups is 1. The molecule has 2 N–H and O–H groups in total. The van der Waals surface area contributed by atoms with Gasteiger partial charge in [0, 0.05) is 0 Å². The van der Waals surface area contributed by atoms with Gasteiger partial charge in [0.05, 0.1) is 17.3 Å². The van der Waals surface area contributed by atoms with Gasteiger partial charge in [-0.25, -0.2) is 13.6 Å². The third-order valence-corrected chi connectivity index (χ3v) is 3.60. The number of hydrogen-bond acceptors (Lipinski definition) is 3. The molecule has 1 aliphatic carbocycles. The Balaban J connectivity index is 2.60. The average Bonchev–Trinajstić information content (AvgIpc) is 3.27. The largest absolute Gasteiger partial charge is 0.506 e. The van der Waals surface area contributed by atoms with E-state index in [0.717, 1.165) is 25.0 Å². The Bertz CT molecular complexity index is 682. The maximum Gasteiger partial charge on any atom is 0.341 e. The molecule has 1 aromatic rings. The first kappa shape index (κ1) is 16.4. The van der Waals surface area contributed by atoms with Gasteiger partial charge in [0.15, 0.2) is 5.82 Å². The zero-order chi connectivity index (χ0) is 16.4. The predicted molar refractivity (Wildman–Crippen MR) is 79.3 cm³/mol. The van der Waals surface area contributed by atoms with Gasteiger partial charge < -0.3 is 10.2 Å². The van der Waals surface area contributed by atoms with E-state index in [9.17, 15) is 23.8 Å². The van der Waals surface area contributed by atoms with Crippen LogP contribution in [0.4, 0.5) is 8.78 Å². The van der Waals surface area contributed by atoms with Crippen molar-refractivity contribution in [2.45, 2.75) is 32.2 Å². The van der Waals surface area contributed by atoms with Crippen molar-refractivity contribution in [2.24, 2.45) is 4.99 Å². The Morgan fingerprint density at radius 2 is 2.00 bits per heavy atom. The van der Waals surface area contributed by atoms with Gasteiger partial charge in [-0.3, -0.25) is 4.99 Å². The minimum absolute atomic E-state index is 0.0405. The zero-order valence-corrected chi connectivity index (χ0v) is 12.5. The maximum absolute atomic E-state index is 14.0. The summed E-state index contributed by atoms with van der Waals surface area (Å²) in [6, 6.07) is 1.85. The third kappa shape index (κ3) is 3.27. The van der Waals surface area contributed by atoms with E-state index in [0.29, 0.717) is 0 Å². The molecular weight excluding hydrogens is 316 g/mol. The van der Waals surface area contributed by atoms with E-state index in [2.05, 4.69) is 4.99 Å². The lowest BCUT2D eigenvalue weighted by Gasteiger charge is -2.11. The summed E-state index contributed by atoms with van der Waals surface area (Å²) in [5.41, 5.74) is -0.788. The van der Waals surface area contributed by atoms with Crippen molar-refractivity contribution < 1.29 is 23.8 Å². The van der Waals surface area contributed by atoms with Crippen molar-refractivity contribution in [1.82, 2.24) is 0 Å². The van der Waals surface area contributed by atoms with Crippen molar-refractivity contribution in [3.63, 3.8) is 0 Å². The topological polar surface area (TPSA) is 69.9 Å². The van der Waals surface area contributed by atoms with E-state index in [1.807, 2.05) is 0 Å². The van der Waals surface area contributed by atoms with Gasteiger partial charge in [0.1, 0.15) is 22.2 Å². The normalized spacial score (nSPS) is 16.5. The van der Waals surface area contributed by atoms with Crippen LogP contribution in [0.5, 0.6) is 0 Å². The number of aliphatic carboxylic acids is 1. The second-order valence-electron chi connectivity index (χ2n) is 4.91. The standard InChI is InChI=1S/C15H14ClF2NO3/c1-2-10(19-7-3-4-7)11(15(21)22)14(20)8-5-6-9(17)12(16)13(8)18/h5-7,20H,2-4H2,1H3,(H,21,22). The number of carboxylic acids is 1. The van der Waals surface area contributed by atoms with E-state index in [1.54, 1.807) is 6.92 Å². The lowest BCUT2D eigenvalue weighted by molar-refractivity contribution is -0.132.